The van der Waals surface area contributed by atoms with Crippen molar-refractivity contribution in [2.45, 2.75) is 6.54 Å². The van der Waals surface area contributed by atoms with E-state index in [1.807, 2.05) is 42.5 Å². The third kappa shape index (κ3) is 2.93. The fraction of sp³-hybridized carbons (Fsp3) is 0.0588. The predicted octanol–water partition coefficient (Wildman–Crippen LogP) is 2.61. The molecule has 0 aliphatic rings. The van der Waals surface area contributed by atoms with Crippen LogP contribution < -0.4 is 11.5 Å². The van der Waals surface area contributed by atoms with Crippen LogP contribution in [0.5, 0.6) is 0 Å². The van der Waals surface area contributed by atoms with Gasteiger partial charge in [-0.05, 0) is 28.5 Å². The molecule has 23 heavy (non-hydrogen) atoms. The molecule has 1 heterocycles. The summed E-state index contributed by atoms with van der Waals surface area (Å²) in [7, 11) is 0. The van der Waals surface area contributed by atoms with E-state index in [4.69, 9.17) is 21.3 Å². The van der Waals surface area contributed by atoms with Gasteiger partial charge < -0.3 is 20.6 Å². The van der Waals surface area contributed by atoms with E-state index in [9.17, 15) is 4.79 Å². The number of esters is 1. The fourth-order valence-electron chi connectivity index (χ4n) is 2.41. The molecular formula is C17H15N3O3. The van der Waals surface area contributed by atoms with Crippen LogP contribution in [0.2, 0.25) is 0 Å². The molecule has 2 aromatic carbocycles. The summed E-state index contributed by atoms with van der Waals surface area (Å²) in [5.74, 6) is -0.389. The Morgan fingerprint density at radius 3 is 2.57 bits per heavy atom. The van der Waals surface area contributed by atoms with Gasteiger partial charge in [0.15, 0.2) is 0 Å². The van der Waals surface area contributed by atoms with Crippen LogP contribution in [0.15, 0.2) is 52.9 Å². The maximum atomic E-state index is 12.1. The second-order valence-corrected chi connectivity index (χ2v) is 4.98. The Balaban J connectivity index is 2.11. The van der Waals surface area contributed by atoms with Crippen molar-refractivity contribution in [3.05, 3.63) is 60.1 Å². The molecule has 3 aromatic rings. The quantitative estimate of drug-likeness (QED) is 0.391. The van der Waals surface area contributed by atoms with Crippen LogP contribution >= 0.6 is 0 Å². The Morgan fingerprint density at radius 2 is 1.87 bits per heavy atom. The van der Waals surface area contributed by atoms with Gasteiger partial charge in [0.2, 0.25) is 5.76 Å². The summed E-state index contributed by atoms with van der Waals surface area (Å²) in [6.45, 7) is 0.147. The lowest BCUT2D eigenvalue weighted by Crippen LogP contribution is -2.19. The van der Waals surface area contributed by atoms with Gasteiger partial charge in [-0.25, -0.2) is 4.79 Å². The zero-order valence-corrected chi connectivity index (χ0v) is 12.2. The number of amidine groups is 1. The van der Waals surface area contributed by atoms with E-state index < -0.39 is 12.0 Å². The van der Waals surface area contributed by atoms with Crippen molar-refractivity contribution < 1.29 is 13.9 Å². The molecule has 0 saturated carbocycles. The van der Waals surface area contributed by atoms with E-state index >= 15 is 0 Å². The number of carbonyl (C=O) groups excluding carboxylic acids is 1. The van der Waals surface area contributed by atoms with Crippen LogP contribution in [0.4, 0.5) is 0 Å². The number of nitrogens with two attached hydrogens (primary N) is 2. The Labute approximate surface area is 132 Å². The molecule has 0 unspecified atom stereocenters. The van der Waals surface area contributed by atoms with Gasteiger partial charge in [-0.3, -0.25) is 5.41 Å². The molecule has 0 amide bonds. The molecule has 3 rings (SSSR count). The molecule has 0 spiro atoms. The van der Waals surface area contributed by atoms with Crippen molar-refractivity contribution in [3.8, 4) is 11.1 Å². The summed E-state index contributed by atoms with van der Waals surface area (Å²) in [5, 5.41) is 9.20. The van der Waals surface area contributed by atoms with E-state index in [1.54, 1.807) is 6.07 Å². The molecule has 116 valence electrons. The van der Waals surface area contributed by atoms with E-state index in [2.05, 4.69) is 4.74 Å². The van der Waals surface area contributed by atoms with Gasteiger partial charge in [-0.2, -0.15) is 0 Å². The number of benzene rings is 2. The van der Waals surface area contributed by atoms with Gasteiger partial charge >= 0.3 is 5.97 Å². The number of fused-ring (bicyclic) bond motifs is 1. The molecule has 0 aliphatic heterocycles. The Hall–Kier alpha value is -3.12. The summed E-state index contributed by atoms with van der Waals surface area (Å²) < 4.78 is 10.1. The fourth-order valence-corrected chi connectivity index (χ4v) is 2.41. The number of ether oxygens (including phenoxy) is 1. The standard InChI is InChI=1S/C17H15N3O3/c18-9-13-8-14(15(22-13)16(21)23-17(19)20)12-6-5-10-3-1-2-4-11(10)7-12/h1-8H,9,18H2,(H3,19,20). The van der Waals surface area contributed by atoms with Gasteiger partial charge in [0.05, 0.1) is 6.54 Å². The average Bonchev–Trinajstić information content (AvgIpc) is 2.98. The Kier molecular flexibility index (Phi) is 3.82. The minimum Gasteiger partial charge on any atom is -0.452 e. The Bertz CT molecular complexity index is 899. The van der Waals surface area contributed by atoms with Gasteiger partial charge in [-0.1, -0.05) is 36.4 Å². The predicted molar refractivity (Wildman–Crippen MR) is 86.9 cm³/mol. The highest BCUT2D eigenvalue weighted by Crippen LogP contribution is 2.30. The summed E-state index contributed by atoms with van der Waals surface area (Å²) in [5.41, 5.74) is 12.0. The SMILES string of the molecule is N=C(N)OC(=O)c1oc(CN)cc1-c1ccc2ccccc2c1. The molecule has 5 N–H and O–H groups in total. The van der Waals surface area contributed by atoms with Crippen molar-refractivity contribution in [1.82, 2.24) is 0 Å². The molecule has 0 atom stereocenters. The zero-order valence-electron chi connectivity index (χ0n) is 12.2. The summed E-state index contributed by atoms with van der Waals surface area (Å²) in [6, 6.07) is 14.7. The molecule has 1 aromatic heterocycles. The van der Waals surface area contributed by atoms with Gasteiger partial charge in [0.1, 0.15) is 5.76 Å². The molecule has 0 fully saturated rings. The lowest BCUT2D eigenvalue weighted by atomic mass is 10.0. The normalized spacial score (nSPS) is 10.7. The smallest absolute Gasteiger partial charge is 0.382 e. The maximum Gasteiger partial charge on any atom is 0.382 e. The maximum absolute atomic E-state index is 12.1. The highest BCUT2D eigenvalue weighted by Gasteiger charge is 2.22. The number of carbonyl (C=O) groups is 1. The zero-order chi connectivity index (χ0) is 16.4. The third-order valence-corrected chi connectivity index (χ3v) is 3.43. The summed E-state index contributed by atoms with van der Waals surface area (Å²) in [4.78, 5) is 12.1. The van der Waals surface area contributed by atoms with Gasteiger partial charge in [0.25, 0.3) is 6.02 Å². The number of hydrogen-bond acceptors (Lipinski definition) is 5. The van der Waals surface area contributed by atoms with Crippen LogP contribution in [0, 0.1) is 5.41 Å². The average molecular weight is 309 g/mol. The van der Waals surface area contributed by atoms with E-state index in [-0.39, 0.29) is 12.3 Å². The largest absolute Gasteiger partial charge is 0.452 e. The highest BCUT2D eigenvalue weighted by atomic mass is 16.6. The third-order valence-electron chi connectivity index (χ3n) is 3.43. The minimum absolute atomic E-state index is 0.0177. The van der Waals surface area contributed by atoms with E-state index in [0.717, 1.165) is 16.3 Å². The van der Waals surface area contributed by atoms with Crippen LogP contribution in [0.1, 0.15) is 16.3 Å². The number of rotatable bonds is 3. The molecule has 0 bridgehead atoms. The summed E-state index contributed by atoms with van der Waals surface area (Å²) in [6.07, 6.45) is 0. The van der Waals surface area contributed by atoms with Crippen LogP contribution in [0.25, 0.3) is 21.9 Å². The van der Waals surface area contributed by atoms with Crippen molar-refractivity contribution in [1.29, 1.82) is 5.41 Å². The van der Waals surface area contributed by atoms with Crippen molar-refractivity contribution >= 4 is 22.8 Å². The van der Waals surface area contributed by atoms with Crippen LogP contribution in [0.3, 0.4) is 0 Å². The molecule has 0 saturated heterocycles. The van der Waals surface area contributed by atoms with Crippen molar-refractivity contribution in [2.24, 2.45) is 11.5 Å². The number of hydrogen-bond donors (Lipinski definition) is 3. The first-order chi connectivity index (χ1) is 11.1. The van der Waals surface area contributed by atoms with Gasteiger partial charge in [0, 0.05) is 5.56 Å². The first kappa shape index (κ1) is 14.8. The van der Waals surface area contributed by atoms with Crippen LogP contribution in [-0.4, -0.2) is 12.0 Å². The summed E-state index contributed by atoms with van der Waals surface area (Å²) >= 11 is 0. The first-order valence-corrected chi connectivity index (χ1v) is 6.96. The van der Waals surface area contributed by atoms with E-state index in [1.165, 1.54) is 0 Å². The lowest BCUT2D eigenvalue weighted by molar-refractivity contribution is 0.0677. The van der Waals surface area contributed by atoms with Crippen molar-refractivity contribution in [2.75, 3.05) is 0 Å². The molecule has 0 aliphatic carbocycles. The van der Waals surface area contributed by atoms with E-state index in [0.29, 0.717) is 11.3 Å². The number of nitrogens with one attached hydrogen (secondary N) is 1. The Morgan fingerprint density at radius 1 is 1.13 bits per heavy atom. The first-order valence-electron chi connectivity index (χ1n) is 6.96. The molecule has 0 radical (unpaired) electrons. The second-order valence-electron chi connectivity index (χ2n) is 4.98. The van der Waals surface area contributed by atoms with Crippen molar-refractivity contribution in [3.63, 3.8) is 0 Å². The lowest BCUT2D eigenvalue weighted by Gasteiger charge is -2.04. The minimum atomic E-state index is -0.819. The second kappa shape index (κ2) is 5.94. The van der Waals surface area contributed by atoms with Gasteiger partial charge in [-0.15, -0.1) is 0 Å². The molecular weight excluding hydrogens is 294 g/mol. The molecule has 6 heteroatoms. The number of furan rings is 1. The highest BCUT2D eigenvalue weighted by molar-refractivity contribution is 6.00. The monoisotopic (exact) mass is 309 g/mol. The molecule has 6 nitrogen and oxygen atoms in total. The van der Waals surface area contributed by atoms with Crippen LogP contribution in [-0.2, 0) is 11.3 Å². The topological polar surface area (TPSA) is 115 Å².